The highest BCUT2D eigenvalue weighted by Crippen LogP contribution is 2.23. The fraction of sp³-hybridized carbons (Fsp3) is 0.500. The lowest BCUT2D eigenvalue weighted by molar-refractivity contribution is 0.0600. The number of ether oxygens (including phenoxy) is 2. The Kier molecular flexibility index (Phi) is 4.57. The molecular formula is C14H19FN2O3. The minimum Gasteiger partial charge on any atom is -0.465 e. The first kappa shape index (κ1) is 14.7. The zero-order valence-corrected chi connectivity index (χ0v) is 11.6. The standard InChI is InChI=1S/C14H19FN2O3/c1-19-13-8-17(4-3-12(13)16)11-6-9(14(18)20-2)5-10(15)7-11/h5-7,12-13H,3-4,8,16H2,1-2H3/t12-,13+/m1/s1. The zero-order chi connectivity index (χ0) is 14.7. The molecule has 5 nitrogen and oxygen atoms in total. The highest BCUT2D eigenvalue weighted by atomic mass is 19.1. The minimum atomic E-state index is -0.553. The van der Waals surface area contributed by atoms with Gasteiger partial charge in [-0.15, -0.1) is 0 Å². The molecule has 110 valence electrons. The number of anilines is 1. The third-order valence-electron chi connectivity index (χ3n) is 3.58. The molecule has 1 fully saturated rings. The second-order valence-electron chi connectivity index (χ2n) is 4.86. The quantitative estimate of drug-likeness (QED) is 0.843. The number of esters is 1. The van der Waals surface area contributed by atoms with Gasteiger partial charge in [-0.3, -0.25) is 0 Å². The molecule has 1 saturated heterocycles. The Labute approximate surface area is 117 Å². The van der Waals surface area contributed by atoms with Gasteiger partial charge in [-0.1, -0.05) is 0 Å². The monoisotopic (exact) mass is 282 g/mol. The lowest BCUT2D eigenvalue weighted by Crippen LogP contribution is -2.51. The molecule has 6 heteroatoms. The Bertz CT molecular complexity index is 495. The Hall–Kier alpha value is -1.66. The van der Waals surface area contributed by atoms with Crippen LogP contribution in [0, 0.1) is 5.82 Å². The number of carbonyl (C=O) groups excluding carboxylic acids is 1. The van der Waals surface area contributed by atoms with E-state index in [4.69, 9.17) is 10.5 Å². The van der Waals surface area contributed by atoms with E-state index in [0.717, 1.165) is 6.42 Å². The van der Waals surface area contributed by atoms with E-state index < -0.39 is 11.8 Å². The molecule has 0 bridgehead atoms. The Morgan fingerprint density at radius 3 is 2.80 bits per heavy atom. The second-order valence-corrected chi connectivity index (χ2v) is 4.86. The number of carbonyl (C=O) groups is 1. The molecule has 20 heavy (non-hydrogen) atoms. The summed E-state index contributed by atoms with van der Waals surface area (Å²) in [6.45, 7) is 1.27. The number of piperidine rings is 1. The summed E-state index contributed by atoms with van der Waals surface area (Å²) in [6, 6.07) is 4.16. The number of halogens is 1. The molecule has 0 aromatic heterocycles. The van der Waals surface area contributed by atoms with Crippen molar-refractivity contribution in [2.75, 3.05) is 32.2 Å². The number of methoxy groups -OCH3 is 2. The SMILES string of the molecule is COC(=O)c1cc(F)cc(N2CC[C@@H](N)[C@@H](OC)C2)c1. The molecule has 0 radical (unpaired) electrons. The number of benzene rings is 1. The lowest BCUT2D eigenvalue weighted by Gasteiger charge is -2.37. The van der Waals surface area contributed by atoms with Crippen molar-refractivity contribution in [2.45, 2.75) is 18.6 Å². The summed E-state index contributed by atoms with van der Waals surface area (Å²) in [5.74, 6) is -1.02. The highest BCUT2D eigenvalue weighted by molar-refractivity contribution is 5.90. The van der Waals surface area contributed by atoms with Crippen LogP contribution in [0.4, 0.5) is 10.1 Å². The van der Waals surface area contributed by atoms with E-state index in [2.05, 4.69) is 4.74 Å². The van der Waals surface area contributed by atoms with Gasteiger partial charge in [0, 0.05) is 31.9 Å². The van der Waals surface area contributed by atoms with Crippen LogP contribution in [0.5, 0.6) is 0 Å². The van der Waals surface area contributed by atoms with Crippen molar-refractivity contribution in [1.29, 1.82) is 0 Å². The predicted molar refractivity (Wildman–Crippen MR) is 73.3 cm³/mol. The first-order valence-electron chi connectivity index (χ1n) is 6.47. The van der Waals surface area contributed by atoms with Crippen molar-refractivity contribution in [2.24, 2.45) is 5.73 Å². The van der Waals surface area contributed by atoms with E-state index in [1.807, 2.05) is 4.90 Å². The van der Waals surface area contributed by atoms with Crippen molar-refractivity contribution in [1.82, 2.24) is 0 Å². The van der Waals surface area contributed by atoms with Gasteiger partial charge in [-0.05, 0) is 24.6 Å². The molecule has 2 N–H and O–H groups in total. The molecule has 0 saturated carbocycles. The molecule has 1 aliphatic rings. The first-order valence-corrected chi connectivity index (χ1v) is 6.47. The summed E-state index contributed by atoms with van der Waals surface area (Å²) in [4.78, 5) is 13.5. The average molecular weight is 282 g/mol. The molecule has 0 spiro atoms. The maximum Gasteiger partial charge on any atom is 0.338 e. The van der Waals surface area contributed by atoms with Crippen molar-refractivity contribution in [3.63, 3.8) is 0 Å². The predicted octanol–water partition coefficient (Wildman–Crippen LogP) is 1.16. The van der Waals surface area contributed by atoms with E-state index in [1.54, 1.807) is 13.2 Å². The minimum absolute atomic E-state index is 0.0233. The van der Waals surface area contributed by atoms with E-state index in [9.17, 15) is 9.18 Å². The number of nitrogens with two attached hydrogens (primary N) is 1. The molecule has 2 rings (SSSR count). The maximum atomic E-state index is 13.6. The number of rotatable bonds is 3. The second kappa shape index (κ2) is 6.19. The average Bonchev–Trinajstić information content (AvgIpc) is 2.46. The number of hydrogen-bond acceptors (Lipinski definition) is 5. The number of nitrogens with zero attached hydrogens (tertiary/aromatic N) is 1. The van der Waals surface area contributed by atoms with Crippen molar-refractivity contribution in [3.05, 3.63) is 29.6 Å². The van der Waals surface area contributed by atoms with E-state index >= 15 is 0 Å². The van der Waals surface area contributed by atoms with Crippen LogP contribution in [0.25, 0.3) is 0 Å². The Morgan fingerprint density at radius 2 is 2.15 bits per heavy atom. The molecule has 1 aliphatic heterocycles. The largest absolute Gasteiger partial charge is 0.465 e. The molecule has 0 amide bonds. The van der Waals surface area contributed by atoms with Crippen LogP contribution in [0.15, 0.2) is 18.2 Å². The fourth-order valence-electron chi connectivity index (χ4n) is 2.41. The van der Waals surface area contributed by atoms with Crippen molar-refractivity contribution in [3.8, 4) is 0 Å². The first-order chi connectivity index (χ1) is 9.55. The highest BCUT2D eigenvalue weighted by Gasteiger charge is 2.27. The van der Waals surface area contributed by atoms with Crippen LogP contribution in [0.3, 0.4) is 0 Å². The molecule has 0 unspecified atom stereocenters. The Balaban J connectivity index is 2.24. The summed E-state index contributed by atoms with van der Waals surface area (Å²) in [5.41, 5.74) is 6.80. The van der Waals surface area contributed by atoms with E-state index in [0.29, 0.717) is 18.8 Å². The van der Waals surface area contributed by atoms with Crippen LogP contribution >= 0.6 is 0 Å². The summed E-state index contributed by atoms with van der Waals surface area (Å²) in [7, 11) is 2.88. The van der Waals surface area contributed by atoms with Crippen LogP contribution in [-0.4, -0.2) is 45.4 Å². The van der Waals surface area contributed by atoms with Crippen molar-refractivity contribution < 1.29 is 18.7 Å². The van der Waals surface area contributed by atoms with Crippen LogP contribution in [-0.2, 0) is 9.47 Å². The topological polar surface area (TPSA) is 64.8 Å². The fourth-order valence-corrected chi connectivity index (χ4v) is 2.41. The van der Waals surface area contributed by atoms with Gasteiger partial charge in [-0.25, -0.2) is 9.18 Å². The van der Waals surface area contributed by atoms with Gasteiger partial charge in [0.1, 0.15) is 5.82 Å². The van der Waals surface area contributed by atoms with Gasteiger partial charge in [0.25, 0.3) is 0 Å². The number of hydrogen-bond donors (Lipinski definition) is 1. The van der Waals surface area contributed by atoms with Crippen LogP contribution in [0.1, 0.15) is 16.8 Å². The zero-order valence-electron chi connectivity index (χ0n) is 11.6. The summed E-state index contributed by atoms with van der Waals surface area (Å²) in [5, 5.41) is 0. The third kappa shape index (κ3) is 3.08. The summed E-state index contributed by atoms with van der Waals surface area (Å²) in [6.07, 6.45) is 0.649. The van der Waals surface area contributed by atoms with Crippen LogP contribution < -0.4 is 10.6 Å². The molecule has 2 atom stereocenters. The van der Waals surface area contributed by atoms with Gasteiger partial charge < -0.3 is 20.1 Å². The summed E-state index contributed by atoms with van der Waals surface area (Å²) < 4.78 is 23.6. The molecule has 1 heterocycles. The van der Waals surface area contributed by atoms with Crippen molar-refractivity contribution >= 4 is 11.7 Å². The lowest BCUT2D eigenvalue weighted by atomic mass is 10.0. The van der Waals surface area contributed by atoms with Gasteiger partial charge in [-0.2, -0.15) is 0 Å². The maximum absolute atomic E-state index is 13.6. The van der Waals surface area contributed by atoms with Gasteiger partial charge in [0.15, 0.2) is 0 Å². The van der Waals surface area contributed by atoms with Gasteiger partial charge in [0.05, 0.1) is 18.8 Å². The van der Waals surface area contributed by atoms with E-state index in [-0.39, 0.29) is 17.7 Å². The normalized spacial score (nSPS) is 22.7. The molecule has 1 aromatic rings. The summed E-state index contributed by atoms with van der Waals surface area (Å²) >= 11 is 0. The molecule has 0 aliphatic carbocycles. The van der Waals surface area contributed by atoms with E-state index in [1.165, 1.54) is 19.2 Å². The third-order valence-corrected chi connectivity index (χ3v) is 3.58. The van der Waals surface area contributed by atoms with Gasteiger partial charge >= 0.3 is 5.97 Å². The molecular weight excluding hydrogens is 263 g/mol. The van der Waals surface area contributed by atoms with Gasteiger partial charge in [0.2, 0.25) is 0 Å². The smallest absolute Gasteiger partial charge is 0.338 e. The molecule has 1 aromatic carbocycles. The van der Waals surface area contributed by atoms with Crippen LogP contribution in [0.2, 0.25) is 0 Å². The Morgan fingerprint density at radius 1 is 1.40 bits per heavy atom.